The second-order valence-electron chi connectivity index (χ2n) is 8.70. The predicted molar refractivity (Wildman–Crippen MR) is 123 cm³/mol. The Balaban J connectivity index is 1.24. The SMILES string of the molecule is CC12CCC(=O)N1c1ccccc1C(=O)N2CCC(=O)NCc1ccc(-n2ccnc2)c(F)c1. The maximum Gasteiger partial charge on any atom is 0.257 e. The van der Waals surface area contributed by atoms with Crippen LogP contribution >= 0.6 is 0 Å². The van der Waals surface area contributed by atoms with Crippen molar-refractivity contribution < 1.29 is 18.8 Å². The molecule has 1 fully saturated rings. The molecule has 1 atom stereocenters. The number of halogens is 1. The Morgan fingerprint density at radius 3 is 2.76 bits per heavy atom. The van der Waals surface area contributed by atoms with Crippen molar-refractivity contribution in [1.82, 2.24) is 19.8 Å². The normalized spacial score (nSPS) is 19.2. The number of nitrogens with one attached hydrogen (secondary N) is 1. The zero-order valence-corrected chi connectivity index (χ0v) is 18.7. The van der Waals surface area contributed by atoms with E-state index in [1.807, 2.05) is 13.0 Å². The molecule has 1 aromatic heterocycles. The van der Waals surface area contributed by atoms with Crippen molar-refractivity contribution in [1.29, 1.82) is 0 Å². The van der Waals surface area contributed by atoms with Gasteiger partial charge < -0.3 is 14.8 Å². The van der Waals surface area contributed by atoms with E-state index in [0.717, 1.165) is 0 Å². The lowest BCUT2D eigenvalue weighted by Crippen LogP contribution is -2.62. The van der Waals surface area contributed by atoms with Gasteiger partial charge in [0.1, 0.15) is 11.5 Å². The number of fused-ring (bicyclic) bond motifs is 3. The van der Waals surface area contributed by atoms with Crippen LogP contribution in [0.1, 0.15) is 42.1 Å². The fourth-order valence-corrected chi connectivity index (χ4v) is 4.82. The standard InChI is InChI=1S/C25H24FN5O3/c1-25-10-8-23(33)31(25)20-5-3-2-4-18(20)24(34)30(25)12-9-22(32)28-15-17-6-7-21(19(26)14-17)29-13-11-27-16-29/h2-7,11,13-14,16H,8-10,12,15H2,1H3,(H,28,32). The number of imidazole rings is 1. The fraction of sp³-hybridized carbons (Fsp3) is 0.280. The van der Waals surface area contributed by atoms with Gasteiger partial charge in [0.2, 0.25) is 11.8 Å². The summed E-state index contributed by atoms with van der Waals surface area (Å²) in [5.74, 6) is -0.890. The highest BCUT2D eigenvalue weighted by Gasteiger charge is 2.52. The number of aromatic nitrogens is 2. The molecule has 2 aliphatic heterocycles. The Morgan fingerprint density at radius 2 is 2.00 bits per heavy atom. The van der Waals surface area contributed by atoms with Gasteiger partial charge in [-0.25, -0.2) is 9.37 Å². The van der Waals surface area contributed by atoms with E-state index in [1.54, 1.807) is 57.1 Å². The summed E-state index contributed by atoms with van der Waals surface area (Å²) in [7, 11) is 0. The summed E-state index contributed by atoms with van der Waals surface area (Å²) >= 11 is 0. The zero-order valence-electron chi connectivity index (χ0n) is 18.7. The summed E-state index contributed by atoms with van der Waals surface area (Å²) in [6.07, 6.45) is 5.67. The molecule has 1 unspecified atom stereocenters. The first-order valence-corrected chi connectivity index (χ1v) is 11.2. The van der Waals surface area contributed by atoms with Crippen molar-refractivity contribution in [3.8, 4) is 5.69 Å². The number of nitrogens with zero attached hydrogens (tertiary/aromatic N) is 4. The van der Waals surface area contributed by atoms with Crippen LogP contribution in [0.4, 0.5) is 10.1 Å². The van der Waals surface area contributed by atoms with Crippen LogP contribution in [0, 0.1) is 5.82 Å². The smallest absolute Gasteiger partial charge is 0.257 e. The summed E-state index contributed by atoms with van der Waals surface area (Å²) < 4.78 is 16.0. The van der Waals surface area contributed by atoms with Crippen molar-refractivity contribution in [2.24, 2.45) is 0 Å². The summed E-state index contributed by atoms with van der Waals surface area (Å²) in [5.41, 5.74) is 1.29. The minimum Gasteiger partial charge on any atom is -0.352 e. The molecule has 34 heavy (non-hydrogen) atoms. The van der Waals surface area contributed by atoms with Crippen molar-refractivity contribution in [3.63, 3.8) is 0 Å². The number of hydrogen-bond acceptors (Lipinski definition) is 4. The van der Waals surface area contributed by atoms with Crippen LogP contribution in [0.2, 0.25) is 0 Å². The monoisotopic (exact) mass is 461 g/mol. The van der Waals surface area contributed by atoms with Crippen molar-refractivity contribution in [2.75, 3.05) is 11.4 Å². The average Bonchev–Trinajstić information content (AvgIpc) is 3.46. The molecule has 3 heterocycles. The van der Waals surface area contributed by atoms with Crippen LogP contribution in [0.5, 0.6) is 0 Å². The Hall–Kier alpha value is -4.01. The third-order valence-corrected chi connectivity index (χ3v) is 6.59. The van der Waals surface area contributed by atoms with E-state index >= 15 is 0 Å². The van der Waals surface area contributed by atoms with Gasteiger partial charge in [0.25, 0.3) is 5.91 Å². The topological polar surface area (TPSA) is 87.5 Å². The number of anilines is 1. The Labute approximate surface area is 196 Å². The van der Waals surface area contributed by atoms with Gasteiger partial charge in [-0.2, -0.15) is 0 Å². The first-order chi connectivity index (χ1) is 16.4. The molecular formula is C25H24FN5O3. The van der Waals surface area contributed by atoms with Crippen molar-refractivity contribution in [3.05, 3.63) is 78.1 Å². The summed E-state index contributed by atoms with van der Waals surface area (Å²) in [5, 5.41) is 2.79. The first-order valence-electron chi connectivity index (χ1n) is 11.2. The zero-order chi connectivity index (χ0) is 23.9. The number of carbonyl (C=O) groups is 3. The summed E-state index contributed by atoms with van der Waals surface area (Å²) in [6, 6.07) is 11.8. The van der Waals surface area contributed by atoms with Crippen LogP contribution in [0.3, 0.4) is 0 Å². The molecule has 5 rings (SSSR count). The first kappa shape index (κ1) is 21.8. The highest BCUT2D eigenvalue weighted by molar-refractivity contribution is 6.10. The predicted octanol–water partition coefficient (Wildman–Crippen LogP) is 3.02. The van der Waals surface area contributed by atoms with Gasteiger partial charge in [-0.3, -0.25) is 19.3 Å². The quantitative estimate of drug-likeness (QED) is 0.611. The Morgan fingerprint density at radius 1 is 1.18 bits per heavy atom. The lowest BCUT2D eigenvalue weighted by atomic mass is 9.98. The van der Waals surface area contributed by atoms with Gasteiger partial charge in [0.05, 0.1) is 23.3 Å². The molecule has 174 valence electrons. The van der Waals surface area contributed by atoms with Gasteiger partial charge in [-0.15, -0.1) is 0 Å². The number of amides is 3. The molecular weight excluding hydrogens is 437 g/mol. The molecule has 1 N–H and O–H groups in total. The number of benzene rings is 2. The van der Waals surface area contributed by atoms with Gasteiger partial charge in [-0.05, 0) is 43.2 Å². The molecule has 3 amide bonds. The molecule has 8 nitrogen and oxygen atoms in total. The maximum atomic E-state index is 14.5. The highest BCUT2D eigenvalue weighted by Crippen LogP contribution is 2.43. The second-order valence-corrected chi connectivity index (χ2v) is 8.70. The minimum absolute atomic E-state index is 0.0296. The van der Waals surface area contributed by atoms with Gasteiger partial charge in [0, 0.05) is 38.3 Å². The third-order valence-electron chi connectivity index (χ3n) is 6.59. The van der Waals surface area contributed by atoms with E-state index in [9.17, 15) is 18.8 Å². The van der Waals surface area contributed by atoms with Crippen molar-refractivity contribution >= 4 is 23.4 Å². The molecule has 0 spiro atoms. The molecule has 0 aliphatic carbocycles. The molecule has 0 saturated carbocycles. The second kappa shape index (κ2) is 8.40. The molecule has 1 saturated heterocycles. The van der Waals surface area contributed by atoms with E-state index in [0.29, 0.717) is 35.3 Å². The molecule has 3 aromatic rings. The summed E-state index contributed by atoms with van der Waals surface area (Å²) in [4.78, 5) is 45.7. The maximum absolute atomic E-state index is 14.5. The van der Waals surface area contributed by atoms with Gasteiger partial charge in [-0.1, -0.05) is 18.2 Å². The molecule has 2 aromatic carbocycles. The van der Waals surface area contributed by atoms with Crippen LogP contribution in [-0.4, -0.2) is 44.4 Å². The largest absolute Gasteiger partial charge is 0.352 e. The summed E-state index contributed by atoms with van der Waals surface area (Å²) in [6.45, 7) is 2.21. The third kappa shape index (κ3) is 3.63. The van der Waals surface area contributed by atoms with Gasteiger partial charge in [0.15, 0.2) is 0 Å². The fourth-order valence-electron chi connectivity index (χ4n) is 4.82. The molecule has 2 aliphatic rings. The van der Waals surface area contributed by atoms with Crippen LogP contribution in [0.15, 0.2) is 61.2 Å². The van der Waals surface area contributed by atoms with Crippen molar-refractivity contribution in [2.45, 2.75) is 38.4 Å². The number of rotatable bonds is 6. The lowest BCUT2D eigenvalue weighted by Gasteiger charge is -2.48. The molecule has 0 bridgehead atoms. The number of hydrogen-bond donors (Lipinski definition) is 1. The average molecular weight is 461 g/mol. The van der Waals surface area contributed by atoms with E-state index in [-0.39, 0.29) is 37.2 Å². The van der Waals surface area contributed by atoms with Crippen LogP contribution in [-0.2, 0) is 16.1 Å². The van der Waals surface area contributed by atoms with E-state index in [1.165, 1.54) is 12.4 Å². The van der Waals surface area contributed by atoms with Crippen LogP contribution in [0.25, 0.3) is 5.69 Å². The van der Waals surface area contributed by atoms with Crippen LogP contribution < -0.4 is 10.2 Å². The van der Waals surface area contributed by atoms with E-state index in [2.05, 4.69) is 10.3 Å². The Kier molecular flexibility index (Phi) is 5.39. The lowest BCUT2D eigenvalue weighted by molar-refractivity contribution is -0.121. The molecule has 0 radical (unpaired) electrons. The van der Waals surface area contributed by atoms with E-state index < -0.39 is 11.5 Å². The minimum atomic E-state index is -0.797. The number of carbonyl (C=O) groups excluding carboxylic acids is 3. The number of para-hydroxylation sites is 1. The van der Waals surface area contributed by atoms with E-state index in [4.69, 9.17) is 0 Å². The molecule has 9 heteroatoms. The van der Waals surface area contributed by atoms with Gasteiger partial charge >= 0.3 is 0 Å². The Bertz CT molecular complexity index is 1280. The highest BCUT2D eigenvalue weighted by atomic mass is 19.1.